The number of aromatic nitrogens is 1. The van der Waals surface area contributed by atoms with Gasteiger partial charge in [0.25, 0.3) is 0 Å². The summed E-state index contributed by atoms with van der Waals surface area (Å²) < 4.78 is 29.4. The predicted molar refractivity (Wildman–Crippen MR) is 78.2 cm³/mol. The maximum Gasteiger partial charge on any atom is 0.250 e. The van der Waals surface area contributed by atoms with Crippen molar-refractivity contribution in [1.82, 2.24) is 9.29 Å². The predicted octanol–water partition coefficient (Wildman–Crippen LogP) is 2.84. The molecule has 0 aliphatic rings. The molecule has 0 saturated carbocycles. The molecular formula is C12H15ClN2O2S2. The van der Waals surface area contributed by atoms with Gasteiger partial charge in [-0.1, -0.05) is 11.6 Å². The van der Waals surface area contributed by atoms with Gasteiger partial charge in [-0.05, 0) is 37.6 Å². The first-order valence-corrected chi connectivity index (χ1v) is 8.36. The molecule has 2 aromatic rings. The SMILES string of the molecule is Cc1cc(CNS(=O)(=O)c2ccc(Cl)s2)c(C)n1C. The van der Waals surface area contributed by atoms with E-state index in [4.69, 9.17) is 11.6 Å². The molecule has 1 N–H and O–H groups in total. The van der Waals surface area contributed by atoms with E-state index in [1.54, 1.807) is 6.07 Å². The van der Waals surface area contributed by atoms with E-state index in [0.717, 1.165) is 28.3 Å². The van der Waals surface area contributed by atoms with E-state index in [1.165, 1.54) is 6.07 Å². The first-order valence-electron chi connectivity index (χ1n) is 5.68. The molecule has 0 unspecified atom stereocenters. The van der Waals surface area contributed by atoms with Crippen LogP contribution in [0, 0.1) is 13.8 Å². The average Bonchev–Trinajstić information content (AvgIpc) is 2.88. The van der Waals surface area contributed by atoms with Crippen LogP contribution >= 0.6 is 22.9 Å². The molecule has 2 aromatic heterocycles. The normalized spacial score (nSPS) is 12.0. The molecule has 0 spiro atoms. The van der Waals surface area contributed by atoms with E-state index in [-0.39, 0.29) is 10.8 Å². The van der Waals surface area contributed by atoms with E-state index >= 15 is 0 Å². The van der Waals surface area contributed by atoms with Gasteiger partial charge >= 0.3 is 0 Å². The summed E-state index contributed by atoms with van der Waals surface area (Å²) in [6.07, 6.45) is 0. The lowest BCUT2D eigenvalue weighted by atomic mass is 10.2. The Morgan fingerprint density at radius 3 is 2.53 bits per heavy atom. The van der Waals surface area contributed by atoms with Gasteiger partial charge in [0.1, 0.15) is 4.21 Å². The van der Waals surface area contributed by atoms with Crippen LogP contribution in [0.1, 0.15) is 17.0 Å². The van der Waals surface area contributed by atoms with Crippen molar-refractivity contribution in [2.45, 2.75) is 24.6 Å². The third kappa shape index (κ3) is 3.02. The summed E-state index contributed by atoms with van der Waals surface area (Å²) in [6.45, 7) is 4.24. The lowest BCUT2D eigenvalue weighted by Crippen LogP contribution is -2.22. The van der Waals surface area contributed by atoms with Gasteiger partial charge in [-0.3, -0.25) is 0 Å². The summed E-state index contributed by atoms with van der Waals surface area (Å²) in [6, 6.07) is 5.08. The van der Waals surface area contributed by atoms with Gasteiger partial charge in [-0.2, -0.15) is 0 Å². The van der Waals surface area contributed by atoms with E-state index in [2.05, 4.69) is 4.72 Å². The molecule has 0 amide bonds. The van der Waals surface area contributed by atoms with Crippen LogP contribution < -0.4 is 4.72 Å². The third-order valence-electron chi connectivity index (χ3n) is 3.15. The van der Waals surface area contributed by atoms with Gasteiger partial charge in [0.15, 0.2) is 0 Å². The number of nitrogens with one attached hydrogen (secondary N) is 1. The summed E-state index contributed by atoms with van der Waals surface area (Å²) in [5, 5.41) is 0. The van der Waals surface area contributed by atoms with Gasteiger partial charge < -0.3 is 4.57 Å². The Morgan fingerprint density at radius 1 is 1.37 bits per heavy atom. The number of aryl methyl sites for hydroxylation is 1. The first-order chi connectivity index (χ1) is 8.81. The fourth-order valence-electron chi connectivity index (χ4n) is 1.80. The monoisotopic (exact) mass is 318 g/mol. The first kappa shape index (κ1) is 14.6. The summed E-state index contributed by atoms with van der Waals surface area (Å²) in [5.41, 5.74) is 3.14. The van der Waals surface area contributed by atoms with Crippen LogP contribution in [-0.4, -0.2) is 13.0 Å². The molecule has 2 rings (SSSR count). The highest BCUT2D eigenvalue weighted by Gasteiger charge is 2.17. The Morgan fingerprint density at radius 2 is 2.05 bits per heavy atom. The van der Waals surface area contributed by atoms with Crippen molar-refractivity contribution in [3.63, 3.8) is 0 Å². The van der Waals surface area contributed by atoms with Crippen molar-refractivity contribution in [2.75, 3.05) is 0 Å². The van der Waals surface area contributed by atoms with Crippen molar-refractivity contribution in [2.24, 2.45) is 7.05 Å². The lowest BCUT2D eigenvalue weighted by molar-refractivity contribution is 0.583. The highest BCUT2D eigenvalue weighted by Crippen LogP contribution is 2.25. The highest BCUT2D eigenvalue weighted by molar-refractivity contribution is 7.91. The second-order valence-corrected chi connectivity index (χ2v) is 8.05. The number of thiophene rings is 1. The largest absolute Gasteiger partial charge is 0.352 e. The van der Waals surface area contributed by atoms with Gasteiger partial charge in [0.2, 0.25) is 10.0 Å². The van der Waals surface area contributed by atoms with Crippen LogP contribution in [0.5, 0.6) is 0 Å². The number of halogens is 1. The van der Waals surface area contributed by atoms with Gasteiger partial charge in [-0.25, -0.2) is 13.1 Å². The van der Waals surface area contributed by atoms with E-state index in [9.17, 15) is 8.42 Å². The zero-order valence-electron chi connectivity index (χ0n) is 10.9. The maximum absolute atomic E-state index is 12.1. The minimum absolute atomic E-state index is 0.239. The van der Waals surface area contributed by atoms with Crippen molar-refractivity contribution in [3.05, 3.63) is 39.5 Å². The summed E-state index contributed by atoms with van der Waals surface area (Å²) in [5.74, 6) is 0. The molecule has 2 heterocycles. The maximum atomic E-state index is 12.1. The molecule has 4 nitrogen and oxygen atoms in total. The molecule has 104 valence electrons. The zero-order valence-corrected chi connectivity index (χ0v) is 13.3. The van der Waals surface area contributed by atoms with Crippen LogP contribution in [0.3, 0.4) is 0 Å². The summed E-state index contributed by atoms with van der Waals surface area (Å²) >= 11 is 6.81. The topological polar surface area (TPSA) is 51.1 Å². The van der Waals surface area contributed by atoms with Gasteiger partial charge in [-0.15, -0.1) is 11.3 Å². The number of hydrogen-bond donors (Lipinski definition) is 1. The number of hydrogen-bond acceptors (Lipinski definition) is 3. The average molecular weight is 319 g/mol. The molecule has 7 heteroatoms. The Balaban J connectivity index is 2.16. The molecule has 0 saturated heterocycles. The zero-order chi connectivity index (χ0) is 14.2. The molecule has 0 aliphatic carbocycles. The second-order valence-electron chi connectivity index (χ2n) is 4.34. The molecule has 19 heavy (non-hydrogen) atoms. The number of sulfonamides is 1. The van der Waals surface area contributed by atoms with Gasteiger partial charge in [0, 0.05) is 25.0 Å². The molecule has 0 aromatic carbocycles. The van der Waals surface area contributed by atoms with Crippen molar-refractivity contribution < 1.29 is 8.42 Å². The van der Waals surface area contributed by atoms with Crippen molar-refractivity contribution in [1.29, 1.82) is 0 Å². The molecule has 0 atom stereocenters. The van der Waals surface area contributed by atoms with Crippen molar-refractivity contribution >= 4 is 33.0 Å². The van der Waals surface area contributed by atoms with Crippen LogP contribution in [0.15, 0.2) is 22.4 Å². The van der Waals surface area contributed by atoms with E-state index in [1.807, 2.05) is 31.5 Å². The van der Waals surface area contributed by atoms with Crippen LogP contribution in [0.4, 0.5) is 0 Å². The Labute approximate surface area is 122 Å². The summed E-state index contributed by atoms with van der Waals surface area (Å²) in [7, 11) is -1.52. The smallest absolute Gasteiger partial charge is 0.250 e. The minimum atomic E-state index is -3.48. The molecular weight excluding hydrogens is 304 g/mol. The van der Waals surface area contributed by atoms with E-state index in [0.29, 0.717) is 4.34 Å². The Hall–Kier alpha value is -0.820. The van der Waals surface area contributed by atoms with E-state index < -0.39 is 10.0 Å². The summed E-state index contributed by atoms with van der Waals surface area (Å²) in [4.78, 5) is 0. The number of nitrogens with zero attached hydrogens (tertiary/aromatic N) is 1. The Bertz CT molecular complexity index is 701. The highest BCUT2D eigenvalue weighted by atomic mass is 35.5. The third-order valence-corrected chi connectivity index (χ3v) is 6.27. The second kappa shape index (κ2) is 5.28. The standard InChI is InChI=1S/C12H15ClN2O2S2/c1-8-6-10(9(2)15(8)3)7-14-19(16,17)12-5-4-11(13)18-12/h4-6,14H,7H2,1-3H3. The fraction of sp³-hybridized carbons (Fsp3) is 0.333. The molecule has 0 fully saturated rings. The lowest BCUT2D eigenvalue weighted by Gasteiger charge is -2.05. The molecule has 0 aliphatic heterocycles. The Kier molecular flexibility index (Phi) is 4.06. The molecule has 0 radical (unpaired) electrons. The number of rotatable bonds is 4. The molecule has 0 bridgehead atoms. The van der Waals surface area contributed by atoms with Crippen LogP contribution in [-0.2, 0) is 23.6 Å². The quantitative estimate of drug-likeness (QED) is 0.942. The van der Waals surface area contributed by atoms with Crippen LogP contribution in [0.2, 0.25) is 4.34 Å². The van der Waals surface area contributed by atoms with Gasteiger partial charge in [0.05, 0.1) is 4.34 Å². The van der Waals surface area contributed by atoms with Crippen LogP contribution in [0.25, 0.3) is 0 Å². The fourth-order valence-corrected chi connectivity index (χ4v) is 4.33. The minimum Gasteiger partial charge on any atom is -0.352 e. The van der Waals surface area contributed by atoms with Crippen molar-refractivity contribution in [3.8, 4) is 0 Å².